The number of hydrogen-bond donors (Lipinski definition) is 0. The van der Waals surface area contributed by atoms with E-state index >= 15 is 0 Å². The van der Waals surface area contributed by atoms with Crippen molar-refractivity contribution in [3.8, 4) is 11.3 Å². The first-order valence-corrected chi connectivity index (χ1v) is 6.31. The van der Waals surface area contributed by atoms with Crippen LogP contribution in [0.15, 0.2) is 60.8 Å². The van der Waals surface area contributed by atoms with Gasteiger partial charge in [0, 0.05) is 6.20 Å². The van der Waals surface area contributed by atoms with Gasteiger partial charge >= 0.3 is 0 Å². The molecule has 0 amide bonds. The van der Waals surface area contributed by atoms with E-state index in [1.54, 1.807) is 18.3 Å². The monoisotopic (exact) mass is 263 g/mol. The smallest absolute Gasteiger partial charge is 0.235 e. The highest BCUT2D eigenvalue weighted by molar-refractivity contribution is 5.82. The van der Waals surface area contributed by atoms with Gasteiger partial charge in [0.15, 0.2) is 0 Å². The first kappa shape index (κ1) is 11.1. The molecule has 2 heterocycles. The average Bonchev–Trinajstić information content (AvgIpc) is 2.86. The number of para-hydroxylation sites is 2. The normalized spacial score (nSPS) is 11.2. The number of nitrogens with zero attached hydrogens (tertiary/aromatic N) is 3. The Hall–Kier alpha value is -2.75. The molecule has 4 rings (SSSR count). The number of halogens is 1. The molecule has 0 fully saturated rings. The fraction of sp³-hybridized carbons (Fsp3) is 0. The molecule has 20 heavy (non-hydrogen) atoms. The summed E-state index contributed by atoms with van der Waals surface area (Å²) in [6.07, 6.45) is 1.72. The Morgan fingerprint density at radius 1 is 0.900 bits per heavy atom. The molecule has 0 N–H and O–H groups in total. The van der Waals surface area contributed by atoms with Crippen molar-refractivity contribution in [3.63, 3.8) is 0 Å². The molecule has 4 heteroatoms. The first-order valence-electron chi connectivity index (χ1n) is 6.31. The summed E-state index contributed by atoms with van der Waals surface area (Å²) in [5.41, 5.74) is 3.77. The van der Waals surface area contributed by atoms with Crippen LogP contribution in [-0.4, -0.2) is 14.4 Å². The lowest BCUT2D eigenvalue weighted by atomic mass is 10.1. The summed E-state index contributed by atoms with van der Waals surface area (Å²) in [7, 11) is 0. The predicted octanol–water partition coefficient (Wildman–Crippen LogP) is 3.69. The molecular weight excluding hydrogens is 253 g/mol. The van der Waals surface area contributed by atoms with Gasteiger partial charge in [-0.1, -0.05) is 12.1 Å². The van der Waals surface area contributed by atoms with E-state index in [0.717, 1.165) is 22.3 Å². The lowest BCUT2D eigenvalue weighted by molar-refractivity contribution is 0.628. The van der Waals surface area contributed by atoms with Gasteiger partial charge in [-0.15, -0.1) is 0 Å². The maximum absolute atomic E-state index is 13.1. The van der Waals surface area contributed by atoms with Crippen molar-refractivity contribution in [2.75, 3.05) is 0 Å². The zero-order valence-electron chi connectivity index (χ0n) is 10.5. The van der Waals surface area contributed by atoms with Gasteiger partial charge in [-0.3, -0.25) is 4.40 Å². The Labute approximate surface area is 114 Å². The summed E-state index contributed by atoms with van der Waals surface area (Å²) in [5, 5.41) is 0. The molecule has 0 saturated carbocycles. The van der Waals surface area contributed by atoms with E-state index < -0.39 is 0 Å². The van der Waals surface area contributed by atoms with Gasteiger partial charge in [0.25, 0.3) is 0 Å². The minimum atomic E-state index is -0.241. The van der Waals surface area contributed by atoms with Crippen molar-refractivity contribution in [1.82, 2.24) is 14.4 Å². The van der Waals surface area contributed by atoms with Crippen molar-refractivity contribution >= 4 is 16.8 Å². The van der Waals surface area contributed by atoms with E-state index in [-0.39, 0.29) is 5.82 Å². The molecule has 96 valence electrons. The number of imidazole rings is 1. The van der Waals surface area contributed by atoms with E-state index in [1.165, 1.54) is 12.1 Å². The zero-order chi connectivity index (χ0) is 13.5. The summed E-state index contributed by atoms with van der Waals surface area (Å²) >= 11 is 0. The Morgan fingerprint density at radius 3 is 2.55 bits per heavy atom. The maximum Gasteiger partial charge on any atom is 0.235 e. The van der Waals surface area contributed by atoms with Gasteiger partial charge in [-0.05, 0) is 48.0 Å². The van der Waals surface area contributed by atoms with Gasteiger partial charge in [0.2, 0.25) is 5.78 Å². The van der Waals surface area contributed by atoms with Crippen molar-refractivity contribution < 1.29 is 4.39 Å². The molecule has 0 bridgehead atoms. The largest absolute Gasteiger partial charge is 0.276 e. The highest BCUT2D eigenvalue weighted by Crippen LogP contribution is 2.24. The summed E-state index contributed by atoms with van der Waals surface area (Å²) in [6.45, 7) is 0. The molecule has 0 aliphatic heterocycles. The molecule has 2 aromatic heterocycles. The second-order valence-corrected chi connectivity index (χ2v) is 4.57. The van der Waals surface area contributed by atoms with Crippen molar-refractivity contribution in [2.24, 2.45) is 0 Å². The van der Waals surface area contributed by atoms with Crippen molar-refractivity contribution in [2.45, 2.75) is 0 Å². The Kier molecular flexibility index (Phi) is 2.29. The Morgan fingerprint density at radius 2 is 1.70 bits per heavy atom. The van der Waals surface area contributed by atoms with E-state index in [9.17, 15) is 4.39 Å². The standard InChI is InChI=1S/C16H10FN3/c17-12-7-5-11(6-8-12)14-9-10-18-16-19-13-3-1-2-4-15(13)20(14)16/h1-10H. The van der Waals surface area contributed by atoms with Gasteiger partial charge in [-0.2, -0.15) is 0 Å². The lowest BCUT2D eigenvalue weighted by Crippen LogP contribution is -1.94. The van der Waals surface area contributed by atoms with E-state index in [4.69, 9.17) is 0 Å². The van der Waals surface area contributed by atoms with Gasteiger partial charge in [0.05, 0.1) is 16.7 Å². The van der Waals surface area contributed by atoms with Crippen LogP contribution in [0.2, 0.25) is 0 Å². The molecule has 0 unspecified atom stereocenters. The van der Waals surface area contributed by atoms with Crippen LogP contribution in [0.3, 0.4) is 0 Å². The zero-order valence-corrected chi connectivity index (χ0v) is 10.5. The molecular formula is C16H10FN3. The third-order valence-corrected chi connectivity index (χ3v) is 3.35. The minimum Gasteiger partial charge on any atom is -0.276 e. The minimum absolute atomic E-state index is 0.241. The summed E-state index contributed by atoms with van der Waals surface area (Å²) in [5.74, 6) is 0.405. The first-order chi connectivity index (χ1) is 9.83. The van der Waals surface area contributed by atoms with Crippen molar-refractivity contribution in [3.05, 3.63) is 66.6 Å². The second kappa shape index (κ2) is 4.13. The van der Waals surface area contributed by atoms with Crippen LogP contribution >= 0.6 is 0 Å². The number of benzene rings is 2. The SMILES string of the molecule is Fc1ccc(-c2ccnc3nc4ccccc4n23)cc1. The summed E-state index contributed by atoms with van der Waals surface area (Å²) < 4.78 is 15.1. The maximum atomic E-state index is 13.1. The Balaban J connectivity index is 2.11. The van der Waals surface area contributed by atoms with Crippen LogP contribution in [0.4, 0.5) is 4.39 Å². The molecule has 0 aliphatic rings. The molecule has 0 radical (unpaired) electrons. The molecule has 0 spiro atoms. The molecule has 0 atom stereocenters. The van der Waals surface area contributed by atoms with Gasteiger partial charge in [0.1, 0.15) is 5.82 Å². The second-order valence-electron chi connectivity index (χ2n) is 4.57. The highest BCUT2D eigenvalue weighted by Gasteiger charge is 2.09. The van der Waals surface area contributed by atoms with E-state index in [0.29, 0.717) is 5.78 Å². The van der Waals surface area contributed by atoms with Gasteiger partial charge in [-0.25, -0.2) is 14.4 Å². The van der Waals surface area contributed by atoms with Crippen LogP contribution in [0.5, 0.6) is 0 Å². The molecule has 0 saturated heterocycles. The van der Waals surface area contributed by atoms with Crippen LogP contribution < -0.4 is 0 Å². The highest BCUT2D eigenvalue weighted by atomic mass is 19.1. The topological polar surface area (TPSA) is 30.2 Å². The third kappa shape index (κ3) is 1.58. The van der Waals surface area contributed by atoms with Crippen LogP contribution in [-0.2, 0) is 0 Å². The summed E-state index contributed by atoms with van der Waals surface area (Å²) in [6, 6.07) is 16.2. The molecule has 2 aromatic carbocycles. The molecule has 4 aromatic rings. The third-order valence-electron chi connectivity index (χ3n) is 3.35. The predicted molar refractivity (Wildman–Crippen MR) is 75.9 cm³/mol. The number of fused-ring (bicyclic) bond motifs is 3. The van der Waals surface area contributed by atoms with E-state index in [1.807, 2.05) is 34.7 Å². The molecule has 3 nitrogen and oxygen atoms in total. The van der Waals surface area contributed by atoms with Crippen LogP contribution in [0, 0.1) is 5.82 Å². The fourth-order valence-electron chi connectivity index (χ4n) is 2.43. The summed E-state index contributed by atoms with van der Waals surface area (Å²) in [4.78, 5) is 8.80. The van der Waals surface area contributed by atoms with Crippen molar-refractivity contribution in [1.29, 1.82) is 0 Å². The number of hydrogen-bond acceptors (Lipinski definition) is 2. The van der Waals surface area contributed by atoms with E-state index in [2.05, 4.69) is 9.97 Å². The lowest BCUT2D eigenvalue weighted by Gasteiger charge is -2.06. The fourth-order valence-corrected chi connectivity index (χ4v) is 2.43. The van der Waals surface area contributed by atoms with Crippen LogP contribution in [0.25, 0.3) is 28.1 Å². The molecule has 0 aliphatic carbocycles. The number of rotatable bonds is 1. The van der Waals surface area contributed by atoms with Crippen LogP contribution in [0.1, 0.15) is 0 Å². The number of aromatic nitrogens is 3. The quantitative estimate of drug-likeness (QED) is 0.524. The van der Waals surface area contributed by atoms with Gasteiger partial charge < -0.3 is 0 Å². The average molecular weight is 263 g/mol. The Bertz CT molecular complexity index is 910.